The first kappa shape index (κ1) is 18.2. The third-order valence-corrected chi connectivity index (χ3v) is 4.46. The van der Waals surface area contributed by atoms with Crippen molar-refractivity contribution in [1.29, 1.82) is 0 Å². The van der Waals surface area contributed by atoms with Gasteiger partial charge in [-0.2, -0.15) is 0 Å². The van der Waals surface area contributed by atoms with Gasteiger partial charge in [0, 0.05) is 12.1 Å². The molecule has 0 spiro atoms. The molecule has 0 saturated carbocycles. The van der Waals surface area contributed by atoms with Gasteiger partial charge >= 0.3 is 0 Å². The van der Waals surface area contributed by atoms with Crippen LogP contribution in [0.3, 0.4) is 0 Å². The molecule has 5 heteroatoms. The Morgan fingerprint density at radius 2 is 1.43 bits per heavy atom. The zero-order chi connectivity index (χ0) is 15.8. The van der Waals surface area contributed by atoms with Crippen molar-refractivity contribution in [1.82, 2.24) is 0 Å². The smallest absolute Gasteiger partial charge is 0.258 e. The first-order valence-corrected chi connectivity index (χ1v) is 8.44. The van der Waals surface area contributed by atoms with Crippen molar-refractivity contribution in [2.75, 3.05) is 0 Å². The molecule has 0 fully saturated rings. The van der Waals surface area contributed by atoms with Crippen LogP contribution in [0.2, 0.25) is 0 Å². The van der Waals surface area contributed by atoms with Gasteiger partial charge in [0.25, 0.3) is 5.69 Å². The van der Waals surface area contributed by atoms with Gasteiger partial charge in [0.2, 0.25) is 0 Å². The number of hydrogen-bond acceptors (Lipinski definition) is 2. The van der Waals surface area contributed by atoms with E-state index in [0.717, 1.165) is 49.7 Å². The second-order valence-electron chi connectivity index (χ2n) is 5.33. The summed E-state index contributed by atoms with van der Waals surface area (Å²) in [7, 11) is 0. The Labute approximate surface area is 136 Å². The lowest BCUT2D eigenvalue weighted by molar-refractivity contribution is -0.385. The Kier molecular flexibility index (Phi) is 8.05. The minimum Gasteiger partial charge on any atom is -0.258 e. The maximum Gasteiger partial charge on any atom is 0.270 e. The van der Waals surface area contributed by atoms with Crippen LogP contribution in [0.1, 0.15) is 74.3 Å². The summed E-state index contributed by atoms with van der Waals surface area (Å²) in [4.78, 5) is 10.7. The fourth-order valence-electron chi connectivity index (χ4n) is 2.23. The molecule has 3 nitrogen and oxygen atoms in total. The van der Waals surface area contributed by atoms with E-state index in [0.29, 0.717) is 0 Å². The molecule has 0 amide bonds. The molecule has 0 aromatic heterocycles. The summed E-state index contributed by atoms with van der Waals surface area (Å²) < 4.78 is 0. The highest BCUT2D eigenvalue weighted by atomic mass is 35.5. The molecule has 1 aromatic rings. The maximum absolute atomic E-state index is 11.1. The van der Waals surface area contributed by atoms with E-state index in [1.165, 1.54) is 0 Å². The van der Waals surface area contributed by atoms with Crippen molar-refractivity contribution >= 4 is 28.9 Å². The fraction of sp³-hybridized carbons (Fsp3) is 0.625. The molecule has 21 heavy (non-hydrogen) atoms. The zero-order valence-electron chi connectivity index (χ0n) is 12.6. The predicted octanol–water partition coefficient (Wildman–Crippen LogP) is 6.54. The van der Waals surface area contributed by atoms with Crippen molar-refractivity contribution in [3.05, 3.63) is 39.4 Å². The largest absolute Gasteiger partial charge is 0.270 e. The molecule has 2 atom stereocenters. The van der Waals surface area contributed by atoms with E-state index in [4.69, 9.17) is 23.2 Å². The van der Waals surface area contributed by atoms with Crippen LogP contribution in [0.25, 0.3) is 0 Å². The third-order valence-electron chi connectivity index (χ3n) is 3.52. The number of non-ortho nitro benzene ring substituents is 1. The van der Waals surface area contributed by atoms with Gasteiger partial charge in [-0.15, -0.1) is 23.2 Å². The average Bonchev–Trinajstić information content (AvgIpc) is 2.49. The molecule has 0 bridgehead atoms. The minimum atomic E-state index is -0.375. The van der Waals surface area contributed by atoms with Crippen LogP contribution in [0.15, 0.2) is 18.2 Å². The SMILES string of the molecule is CCCCC(Cl)c1cc(C(Cl)CCCC)cc([N+](=O)[O-])c1. The van der Waals surface area contributed by atoms with Gasteiger partial charge in [0.1, 0.15) is 0 Å². The maximum atomic E-state index is 11.1. The van der Waals surface area contributed by atoms with E-state index in [1.54, 1.807) is 12.1 Å². The van der Waals surface area contributed by atoms with Crippen LogP contribution in [0.5, 0.6) is 0 Å². The van der Waals surface area contributed by atoms with E-state index in [-0.39, 0.29) is 21.4 Å². The van der Waals surface area contributed by atoms with Gasteiger partial charge < -0.3 is 0 Å². The highest BCUT2D eigenvalue weighted by Crippen LogP contribution is 2.35. The monoisotopic (exact) mass is 331 g/mol. The normalized spacial score (nSPS) is 13.9. The van der Waals surface area contributed by atoms with Crippen LogP contribution in [-0.4, -0.2) is 4.92 Å². The molecule has 0 radical (unpaired) electrons. The van der Waals surface area contributed by atoms with Crippen molar-refractivity contribution in [2.24, 2.45) is 0 Å². The second kappa shape index (κ2) is 9.26. The lowest BCUT2D eigenvalue weighted by Crippen LogP contribution is -1.99. The van der Waals surface area contributed by atoms with Crippen LogP contribution in [0, 0.1) is 10.1 Å². The summed E-state index contributed by atoms with van der Waals surface area (Å²) >= 11 is 12.8. The molecular weight excluding hydrogens is 309 g/mol. The Bertz CT molecular complexity index is 433. The number of alkyl halides is 2. The summed E-state index contributed by atoms with van der Waals surface area (Å²) in [6.07, 6.45) is 5.76. The quantitative estimate of drug-likeness (QED) is 0.293. The Morgan fingerprint density at radius 3 is 1.76 bits per heavy atom. The first-order valence-electron chi connectivity index (χ1n) is 7.57. The highest BCUT2D eigenvalue weighted by Gasteiger charge is 2.18. The van der Waals surface area contributed by atoms with Crippen LogP contribution < -0.4 is 0 Å². The zero-order valence-corrected chi connectivity index (χ0v) is 14.2. The van der Waals surface area contributed by atoms with Gasteiger partial charge in [-0.05, 0) is 24.0 Å². The van der Waals surface area contributed by atoms with E-state index in [9.17, 15) is 10.1 Å². The van der Waals surface area contributed by atoms with Crippen LogP contribution in [-0.2, 0) is 0 Å². The van der Waals surface area contributed by atoms with Crippen molar-refractivity contribution in [3.8, 4) is 0 Å². The van der Waals surface area contributed by atoms with Gasteiger partial charge in [0.05, 0.1) is 15.7 Å². The summed E-state index contributed by atoms with van der Waals surface area (Å²) in [6.45, 7) is 4.20. The number of halogens is 2. The van der Waals surface area contributed by atoms with E-state index in [1.807, 2.05) is 6.07 Å². The van der Waals surface area contributed by atoms with E-state index in [2.05, 4.69) is 13.8 Å². The first-order chi connectivity index (χ1) is 9.99. The number of hydrogen-bond donors (Lipinski definition) is 0. The van der Waals surface area contributed by atoms with E-state index >= 15 is 0 Å². The molecule has 0 heterocycles. The van der Waals surface area contributed by atoms with Crippen LogP contribution in [0.4, 0.5) is 5.69 Å². The number of nitro benzene ring substituents is 1. The Hall–Kier alpha value is -0.800. The molecule has 2 unspecified atom stereocenters. The lowest BCUT2D eigenvalue weighted by Gasteiger charge is -2.14. The second-order valence-corrected chi connectivity index (χ2v) is 6.39. The van der Waals surface area contributed by atoms with Gasteiger partial charge in [-0.25, -0.2) is 0 Å². The number of rotatable bonds is 9. The Morgan fingerprint density at radius 1 is 1.00 bits per heavy atom. The topological polar surface area (TPSA) is 43.1 Å². The number of benzene rings is 1. The molecule has 0 saturated heterocycles. The summed E-state index contributed by atoms with van der Waals surface area (Å²) in [6, 6.07) is 5.06. The van der Waals surface area contributed by atoms with Crippen molar-refractivity contribution < 1.29 is 4.92 Å². The number of unbranched alkanes of at least 4 members (excludes halogenated alkanes) is 2. The molecule has 0 aliphatic heterocycles. The molecule has 118 valence electrons. The molecule has 0 N–H and O–H groups in total. The summed E-state index contributed by atoms with van der Waals surface area (Å²) in [5, 5.41) is 10.7. The van der Waals surface area contributed by atoms with Crippen molar-refractivity contribution in [2.45, 2.75) is 63.1 Å². The number of nitrogens with zero attached hydrogens (tertiary/aromatic N) is 1. The van der Waals surface area contributed by atoms with Gasteiger partial charge in [0.15, 0.2) is 0 Å². The molecule has 0 aliphatic carbocycles. The lowest BCUT2D eigenvalue weighted by atomic mass is 9.99. The average molecular weight is 332 g/mol. The third kappa shape index (κ3) is 5.84. The van der Waals surface area contributed by atoms with Crippen molar-refractivity contribution in [3.63, 3.8) is 0 Å². The minimum absolute atomic E-state index is 0.0757. The highest BCUT2D eigenvalue weighted by molar-refractivity contribution is 6.21. The van der Waals surface area contributed by atoms with E-state index < -0.39 is 0 Å². The fourth-order valence-corrected chi connectivity index (χ4v) is 2.79. The standard InChI is InChI=1S/C16H23Cl2NO2/c1-3-5-7-15(17)12-9-13(16(18)8-6-4-2)11-14(10-12)19(20)21/h9-11,15-16H,3-8H2,1-2H3. The summed E-state index contributed by atoms with van der Waals surface area (Å²) in [5.74, 6) is 0. The Balaban J connectivity index is 3.02. The molecule has 1 aromatic carbocycles. The predicted molar refractivity (Wildman–Crippen MR) is 89.3 cm³/mol. The van der Waals surface area contributed by atoms with Gasteiger partial charge in [-0.3, -0.25) is 10.1 Å². The number of nitro groups is 1. The molecule has 1 rings (SSSR count). The summed E-state index contributed by atoms with van der Waals surface area (Å²) in [5.41, 5.74) is 1.68. The van der Waals surface area contributed by atoms with Crippen LogP contribution >= 0.6 is 23.2 Å². The molecule has 0 aliphatic rings. The molecular formula is C16H23Cl2NO2. The van der Waals surface area contributed by atoms with Gasteiger partial charge in [-0.1, -0.05) is 45.6 Å².